The molecule has 0 radical (unpaired) electrons. The van der Waals surface area contributed by atoms with E-state index < -0.39 is 0 Å². The van der Waals surface area contributed by atoms with Crippen LogP contribution in [-0.4, -0.2) is 26.4 Å². The number of rotatable bonds is 54. The fourth-order valence-electron chi connectivity index (χ4n) is 21.2. The molecule has 8 aromatic carbocycles. The average molecular weight is 1810 g/mol. The Hall–Kier alpha value is -9.08. The molecule has 0 amide bonds. The molecule has 0 unspecified atom stereocenters. The highest BCUT2D eigenvalue weighted by molar-refractivity contribution is 5.68. The summed E-state index contributed by atoms with van der Waals surface area (Å²) in [5, 5.41) is 39.6. The minimum atomic E-state index is -0.0675. The highest BCUT2D eigenvalue weighted by atomic mass is 16.5. The highest BCUT2D eigenvalue weighted by Crippen LogP contribution is 2.51. The molecule has 8 nitrogen and oxygen atoms in total. The molecule has 0 atom stereocenters. The van der Waals surface area contributed by atoms with E-state index in [9.17, 15) is 21.0 Å². The van der Waals surface area contributed by atoms with Crippen LogP contribution in [0, 0.1) is 67.0 Å². The van der Waals surface area contributed by atoms with Crippen LogP contribution in [0.1, 0.15) is 448 Å². The van der Waals surface area contributed by atoms with Crippen molar-refractivity contribution >= 4 is 0 Å². The van der Waals surface area contributed by atoms with Crippen molar-refractivity contribution in [3.05, 3.63) is 216 Å². The lowest BCUT2D eigenvalue weighted by atomic mass is 9.67. The van der Waals surface area contributed by atoms with Gasteiger partial charge in [-0.05, 0) is 293 Å². The highest BCUT2D eigenvalue weighted by Gasteiger charge is 2.39. The smallest absolute Gasteiger partial charge is 0.119 e. The topological polar surface area (TPSA) is 132 Å². The monoisotopic (exact) mass is 1810 g/mol. The molecule has 8 aromatic rings. The largest absolute Gasteiger partial charge is 0.494 e. The van der Waals surface area contributed by atoms with E-state index in [0.717, 1.165) is 210 Å². The van der Waals surface area contributed by atoms with Crippen LogP contribution in [0.2, 0.25) is 0 Å². The molecule has 4 saturated carbocycles. The molecule has 134 heavy (non-hydrogen) atoms. The molecule has 4 aliphatic rings. The molecule has 0 aliphatic heterocycles. The predicted octanol–water partition coefficient (Wildman–Crippen LogP) is 38.6. The van der Waals surface area contributed by atoms with E-state index in [2.05, 4.69) is 274 Å². The summed E-state index contributed by atoms with van der Waals surface area (Å²) in [5.74, 6) is 6.23. The second-order valence-corrected chi connectivity index (χ2v) is 40.8. The van der Waals surface area contributed by atoms with Gasteiger partial charge in [-0.1, -0.05) is 394 Å². The molecule has 4 aliphatic carbocycles. The van der Waals surface area contributed by atoms with Crippen molar-refractivity contribution in [1.82, 2.24) is 0 Å². The Balaban J connectivity index is 0.000000201. The molecular weight excluding hydrogens is 1630 g/mol. The predicted molar refractivity (Wildman–Crippen MR) is 567 cm³/mol. The van der Waals surface area contributed by atoms with Gasteiger partial charge in [-0.3, -0.25) is 0 Å². The van der Waals surface area contributed by atoms with Crippen LogP contribution in [0.3, 0.4) is 0 Å². The fraction of sp³-hybridized carbons (Fsp3) is 0.587. The van der Waals surface area contributed by atoms with Crippen LogP contribution in [0.5, 0.6) is 23.0 Å². The lowest BCUT2D eigenvalue weighted by molar-refractivity contribution is 0.223. The van der Waals surface area contributed by atoms with Crippen molar-refractivity contribution in [3.8, 4) is 91.8 Å². The summed E-state index contributed by atoms with van der Waals surface area (Å²) in [5.41, 5.74) is 15.4. The number of hydrogen-bond donors (Lipinski definition) is 0. The minimum absolute atomic E-state index is 0.0659. The van der Waals surface area contributed by atoms with Gasteiger partial charge >= 0.3 is 0 Å². The van der Waals surface area contributed by atoms with Crippen LogP contribution in [0.25, 0.3) is 44.5 Å². The Morgan fingerprint density at radius 3 is 0.530 bits per heavy atom. The van der Waals surface area contributed by atoms with E-state index in [4.69, 9.17) is 18.9 Å². The summed E-state index contributed by atoms with van der Waals surface area (Å²) < 4.78 is 23.4. The summed E-state index contributed by atoms with van der Waals surface area (Å²) in [4.78, 5) is 0. The summed E-state index contributed by atoms with van der Waals surface area (Å²) >= 11 is 0. The van der Waals surface area contributed by atoms with Gasteiger partial charge in [0, 0.05) is 0 Å². The average Bonchev–Trinajstić information content (AvgIpc) is 0.822. The van der Waals surface area contributed by atoms with E-state index in [1.54, 1.807) is 0 Å². The van der Waals surface area contributed by atoms with Gasteiger partial charge in [0.25, 0.3) is 0 Å². The Morgan fingerprint density at radius 2 is 0.343 bits per heavy atom. The number of nitrogens with zero attached hydrogens (tertiary/aromatic N) is 4. The van der Waals surface area contributed by atoms with E-state index >= 15 is 0 Å². The van der Waals surface area contributed by atoms with Gasteiger partial charge in [-0.2, -0.15) is 21.0 Å². The van der Waals surface area contributed by atoms with E-state index in [1.807, 2.05) is 0 Å². The molecule has 724 valence electrons. The Labute approximate surface area is 816 Å². The van der Waals surface area contributed by atoms with Crippen LogP contribution >= 0.6 is 0 Å². The fourth-order valence-corrected chi connectivity index (χ4v) is 21.2. The molecule has 8 heteroatoms. The Kier molecular flexibility index (Phi) is 50.7. The molecule has 12 rings (SSSR count). The molecule has 0 heterocycles. The van der Waals surface area contributed by atoms with Crippen molar-refractivity contribution in [2.45, 2.75) is 426 Å². The molecule has 0 spiro atoms. The standard InChI is InChI=1S/C33H47NO.C32H45NO.C31H43NO.C30H41NO/c1-3-5-7-9-11-23-33(27-34)24-21-31(22-25-33)29-15-13-28(14-16-29)30-17-19-32(20-18-30)35-26-12-10-8-6-4-2;1-3-5-7-9-10-22-32(26-33)23-20-30(21-24-32)28-14-12-27(13-15-28)29-16-18-31(19-17-29)34-25-11-8-6-4-2;1-3-5-7-8-9-21-31(25-32)22-19-29(20-23-31)27-13-11-26(12-14-27)28-15-17-30(18-16-28)33-24-10-6-4-2;1-3-5-7-8-9-20-30(24-31)21-18-28(19-22-30)26-12-10-25(11-13-26)27-14-16-29(17-15-27)32-23-6-4-2/h13-20,31H,3-12,21-26H2,1-2H3;12-19,30H,3-11,20-25H2,1-2H3;11-18,29H,3-10,19-24H2,1-2H3;10-17,28H,3-9,18-23H2,1-2H3. The van der Waals surface area contributed by atoms with Crippen molar-refractivity contribution in [1.29, 1.82) is 21.0 Å². The van der Waals surface area contributed by atoms with E-state index in [1.165, 1.54) is 253 Å². The first-order chi connectivity index (χ1) is 65.8. The summed E-state index contributed by atoms with van der Waals surface area (Å²) in [6.07, 6.45) is 64.8. The van der Waals surface area contributed by atoms with Crippen LogP contribution in [0.4, 0.5) is 0 Å². The minimum Gasteiger partial charge on any atom is -0.494 e. The van der Waals surface area contributed by atoms with Gasteiger partial charge in [0.1, 0.15) is 23.0 Å². The normalized spacial score (nSPS) is 20.2. The third-order valence-electron chi connectivity index (χ3n) is 30.6. The molecule has 0 saturated heterocycles. The maximum absolute atomic E-state index is 9.92. The third-order valence-corrected chi connectivity index (χ3v) is 30.6. The zero-order valence-corrected chi connectivity index (χ0v) is 85.2. The van der Waals surface area contributed by atoms with E-state index in [-0.39, 0.29) is 21.7 Å². The summed E-state index contributed by atoms with van der Waals surface area (Å²) in [6.45, 7) is 21.1. The second kappa shape index (κ2) is 62.6. The molecule has 0 N–H and O–H groups in total. The summed E-state index contributed by atoms with van der Waals surface area (Å²) in [6, 6.07) is 81.4. The molecule has 0 bridgehead atoms. The van der Waals surface area contributed by atoms with Crippen molar-refractivity contribution < 1.29 is 18.9 Å². The van der Waals surface area contributed by atoms with Crippen molar-refractivity contribution in [2.24, 2.45) is 21.7 Å². The zero-order valence-electron chi connectivity index (χ0n) is 85.2. The molecule has 0 aromatic heterocycles. The van der Waals surface area contributed by atoms with E-state index in [0.29, 0.717) is 23.7 Å². The lowest BCUT2D eigenvalue weighted by Crippen LogP contribution is -2.25. The molecule has 4 fully saturated rings. The van der Waals surface area contributed by atoms with Crippen LogP contribution in [-0.2, 0) is 0 Å². The first-order valence-corrected chi connectivity index (χ1v) is 54.8. The first-order valence-electron chi connectivity index (χ1n) is 54.8. The number of nitriles is 4. The third kappa shape index (κ3) is 37.4. The Morgan fingerprint density at radius 1 is 0.194 bits per heavy atom. The molecular formula is C126H176N4O4. The van der Waals surface area contributed by atoms with Crippen molar-refractivity contribution in [3.63, 3.8) is 0 Å². The van der Waals surface area contributed by atoms with Crippen molar-refractivity contribution in [2.75, 3.05) is 26.4 Å². The van der Waals surface area contributed by atoms with Crippen LogP contribution < -0.4 is 18.9 Å². The number of unbranched alkanes of at least 4 members (excludes halogenated alkanes) is 26. The first kappa shape index (κ1) is 109. The number of benzene rings is 8. The summed E-state index contributed by atoms with van der Waals surface area (Å²) in [7, 11) is 0. The van der Waals surface area contributed by atoms with Crippen LogP contribution in [0.15, 0.2) is 194 Å². The van der Waals surface area contributed by atoms with Gasteiger partial charge in [-0.15, -0.1) is 0 Å². The van der Waals surface area contributed by atoms with Gasteiger partial charge in [0.15, 0.2) is 0 Å². The van der Waals surface area contributed by atoms with Gasteiger partial charge in [0.2, 0.25) is 0 Å². The number of ether oxygens (including phenoxy) is 4. The maximum Gasteiger partial charge on any atom is 0.119 e. The second-order valence-electron chi connectivity index (χ2n) is 40.8. The SMILES string of the molecule is CCCCCCCC1(C#N)CCC(c2ccc(-c3ccc(OCCCC)cc3)cc2)CC1.CCCCCCCC1(C#N)CCC(c2ccc(-c3ccc(OCCCCC)cc3)cc2)CC1.CCCCCCCC1(C#N)CCC(c2ccc(-c3ccc(OCCCCCC)cc3)cc2)CC1.CCCCCCCOc1ccc(-c2ccc(C3CCC(C#N)(CCCCCCC)CC3)cc2)cc1. The zero-order chi connectivity index (χ0) is 94.8. The Bertz CT molecular complexity index is 4570. The van der Waals surface area contributed by atoms with Gasteiger partial charge in [-0.25, -0.2) is 0 Å². The van der Waals surface area contributed by atoms with Gasteiger partial charge < -0.3 is 18.9 Å². The van der Waals surface area contributed by atoms with Gasteiger partial charge in [0.05, 0.1) is 72.4 Å². The maximum atomic E-state index is 9.92. The quantitative estimate of drug-likeness (QED) is 0.0344. The number of hydrogen-bond acceptors (Lipinski definition) is 8. The lowest BCUT2D eigenvalue weighted by Gasteiger charge is -2.35.